The topological polar surface area (TPSA) is 36.1 Å². The van der Waals surface area contributed by atoms with Crippen LogP contribution in [0.1, 0.15) is 86.5 Å². The largest absolute Gasteiger partial charge is 0.456 e. The van der Waals surface area contributed by atoms with E-state index in [2.05, 4.69) is 294 Å². The van der Waals surface area contributed by atoms with Crippen LogP contribution < -0.4 is 0 Å². The van der Waals surface area contributed by atoms with Gasteiger partial charge >= 0.3 is 0 Å². The number of benzene rings is 14. The van der Waals surface area contributed by atoms with Crippen molar-refractivity contribution in [3.63, 3.8) is 0 Å². The number of fused-ring (bicyclic) bond motifs is 18. The fraction of sp³-hybridized carbons (Fsp3) is 0.192. The van der Waals surface area contributed by atoms with E-state index in [0.717, 1.165) is 91.4 Å². The summed E-state index contributed by atoms with van der Waals surface area (Å²) in [4.78, 5) is 0. The van der Waals surface area contributed by atoms with E-state index in [4.69, 9.17) is 8.83 Å². The van der Waals surface area contributed by atoms with Crippen LogP contribution in [0.2, 0.25) is 0 Å². The highest BCUT2D eigenvalue weighted by molar-refractivity contribution is 6.16. The maximum atomic E-state index is 6.28. The highest BCUT2D eigenvalue weighted by atomic mass is 16.3. The van der Waals surface area contributed by atoms with Crippen LogP contribution in [0.5, 0.6) is 0 Å². The SMILES string of the molecule is c1ccc2c(c1)-c1ccc(-c3ccc(-n4c5ccccc5c5cc(-c6ccc7c(c6)oc6ccccc67)ccc54)cc3)cc1C21C2CC3CC(C2)CC1C3.c1ccc2c(c1)-c1ccc(-c3ccc(-n4c5ccccc5c5ccc(-c6cccc7oc8ccccc8c67)cc54)cc3)cc1C21C2CC3CC(C2)CC1C3. The van der Waals surface area contributed by atoms with E-state index < -0.39 is 0 Å². The lowest BCUT2D eigenvalue weighted by molar-refractivity contribution is -0.0399. The molecule has 0 N–H and O–H groups in total. The van der Waals surface area contributed by atoms with Gasteiger partial charge in [0, 0.05) is 65.3 Å². The van der Waals surface area contributed by atoms with Gasteiger partial charge in [-0.05, 0) is 298 Å². The quantitative estimate of drug-likeness (QED) is 0.166. The molecule has 516 valence electrons. The van der Waals surface area contributed by atoms with Gasteiger partial charge in [0.2, 0.25) is 0 Å². The van der Waals surface area contributed by atoms with E-state index in [1.54, 1.807) is 22.3 Å². The van der Waals surface area contributed by atoms with E-state index in [9.17, 15) is 0 Å². The van der Waals surface area contributed by atoms with Gasteiger partial charge in [-0.25, -0.2) is 0 Å². The first kappa shape index (κ1) is 60.4. The minimum Gasteiger partial charge on any atom is -0.456 e. The molecule has 28 rings (SSSR count). The van der Waals surface area contributed by atoms with Crippen LogP contribution in [0.25, 0.3) is 166 Å². The van der Waals surface area contributed by atoms with Crippen molar-refractivity contribution in [3.05, 3.63) is 326 Å². The second-order valence-electron chi connectivity index (χ2n) is 33.8. The molecule has 10 aliphatic carbocycles. The molecular formula is C104H78N2O2. The summed E-state index contributed by atoms with van der Waals surface area (Å²) in [5, 5.41) is 9.72. The van der Waals surface area contributed by atoms with Crippen LogP contribution in [0.3, 0.4) is 0 Å². The lowest BCUT2D eigenvalue weighted by atomic mass is 9.43. The lowest BCUT2D eigenvalue weighted by Gasteiger charge is -2.61. The van der Waals surface area contributed by atoms with Crippen molar-refractivity contribution < 1.29 is 8.83 Å². The first-order valence-electron chi connectivity index (χ1n) is 40.0. The number of hydrogen-bond donors (Lipinski definition) is 0. The van der Waals surface area contributed by atoms with E-state index in [0.29, 0.717) is 0 Å². The summed E-state index contributed by atoms with van der Waals surface area (Å²) in [6.07, 6.45) is 14.3. The fourth-order valence-electron chi connectivity index (χ4n) is 25.0. The maximum Gasteiger partial charge on any atom is 0.136 e. The average Bonchev–Trinajstić information content (AvgIpc) is 1.48. The number of aromatic nitrogens is 2. The highest BCUT2D eigenvalue weighted by Gasteiger charge is 2.63. The Morgan fingerprint density at radius 1 is 0.222 bits per heavy atom. The van der Waals surface area contributed by atoms with E-state index in [-0.39, 0.29) is 10.8 Å². The third kappa shape index (κ3) is 8.36. The zero-order chi connectivity index (χ0) is 70.2. The minimum absolute atomic E-state index is 0.184. The van der Waals surface area contributed by atoms with Crippen molar-refractivity contribution in [2.75, 3.05) is 0 Å². The summed E-state index contributed by atoms with van der Waals surface area (Å²) in [5.74, 6) is 6.88. The zero-order valence-corrected chi connectivity index (χ0v) is 60.3. The molecule has 0 atom stereocenters. The maximum absolute atomic E-state index is 6.28. The molecule has 0 saturated heterocycles. The van der Waals surface area contributed by atoms with Gasteiger partial charge in [0.15, 0.2) is 0 Å². The molecule has 14 aromatic carbocycles. The normalized spacial score (nSPS) is 23.6. The zero-order valence-electron chi connectivity index (χ0n) is 60.3. The Labute approximate surface area is 627 Å². The summed E-state index contributed by atoms with van der Waals surface area (Å²) >= 11 is 0. The van der Waals surface area contributed by atoms with Gasteiger partial charge in [0.1, 0.15) is 22.3 Å². The predicted molar refractivity (Wildman–Crippen MR) is 444 cm³/mol. The van der Waals surface area contributed by atoms with E-state index >= 15 is 0 Å². The smallest absolute Gasteiger partial charge is 0.136 e. The van der Waals surface area contributed by atoms with E-state index in [1.165, 1.54) is 186 Å². The Morgan fingerprint density at radius 2 is 0.602 bits per heavy atom. The molecule has 4 heteroatoms. The van der Waals surface area contributed by atoms with Gasteiger partial charge in [-0.2, -0.15) is 0 Å². The van der Waals surface area contributed by atoms with Crippen molar-refractivity contribution in [2.45, 2.75) is 75.0 Å². The number of furan rings is 2. The Kier molecular flexibility index (Phi) is 12.6. The molecule has 0 amide bonds. The second-order valence-corrected chi connectivity index (χ2v) is 33.8. The second kappa shape index (κ2) is 22.4. The van der Waals surface area contributed by atoms with Crippen LogP contribution in [0.4, 0.5) is 0 Å². The summed E-state index contributed by atoms with van der Waals surface area (Å²) in [6, 6.07) is 114. The Balaban J connectivity index is 0.000000124. The fourth-order valence-corrected chi connectivity index (χ4v) is 25.0. The molecule has 0 radical (unpaired) electrons. The first-order chi connectivity index (χ1) is 53.4. The summed E-state index contributed by atoms with van der Waals surface area (Å²) in [7, 11) is 0. The van der Waals surface area contributed by atoms with E-state index in [1.807, 2.05) is 18.2 Å². The lowest BCUT2D eigenvalue weighted by Crippen LogP contribution is -2.55. The molecule has 4 nitrogen and oxygen atoms in total. The third-order valence-electron chi connectivity index (χ3n) is 28.8. The third-order valence-corrected chi connectivity index (χ3v) is 28.8. The molecule has 8 fully saturated rings. The van der Waals surface area contributed by atoms with Gasteiger partial charge in [0.25, 0.3) is 0 Å². The van der Waals surface area contributed by atoms with Crippen molar-refractivity contribution in [2.24, 2.45) is 47.3 Å². The summed E-state index contributed by atoms with van der Waals surface area (Å²) in [5.41, 5.74) is 33.8. The number of nitrogens with zero attached hydrogens (tertiary/aromatic N) is 2. The first-order valence-corrected chi connectivity index (χ1v) is 40.0. The molecule has 2 spiro atoms. The van der Waals surface area contributed by atoms with Crippen LogP contribution in [0.15, 0.2) is 312 Å². The van der Waals surface area contributed by atoms with Gasteiger partial charge in [-0.1, -0.05) is 206 Å². The summed E-state index contributed by atoms with van der Waals surface area (Å²) < 4.78 is 17.4. The molecule has 4 heterocycles. The molecule has 8 bridgehead atoms. The molecule has 18 aromatic rings. The van der Waals surface area contributed by atoms with Crippen LogP contribution in [-0.2, 0) is 10.8 Å². The molecule has 108 heavy (non-hydrogen) atoms. The monoisotopic (exact) mass is 1390 g/mol. The standard InChI is InChI=1S/2C52H39NO/c1-4-12-45-40(8-1)41-22-18-34(29-46(41)52(45)36-25-31-24-32(27-36)28-37(52)26-31)33-16-20-38(21-17-33)53-47-13-5-2-9-42(47)43-23-19-35(30-48(43)53)39-11-7-15-50-51(39)44-10-3-6-14-49(44)54-50;1-4-10-46-40(7-1)41-20-15-35(29-47(41)52(46)37-24-31-23-32(26-37)27-38(52)25-31)33-13-18-39(19-14-33)53-48-11-5-2-8-42(48)45-28-34(17-22-49(45)53)36-16-21-44-43-9-3-6-12-50(43)54-51(44)30-36/h1-23,29-32,36-37H,24-28H2;1-22,28-32,37-38H,23-27H2. The number of hydrogen-bond acceptors (Lipinski definition) is 2. The predicted octanol–water partition coefficient (Wildman–Crippen LogP) is 27.5. The Bertz CT molecular complexity index is 6790. The minimum atomic E-state index is 0.184. The molecule has 4 aromatic heterocycles. The molecule has 8 saturated carbocycles. The number of para-hydroxylation sites is 4. The van der Waals surface area contributed by atoms with Gasteiger partial charge in [-0.3, -0.25) is 0 Å². The molecule has 0 unspecified atom stereocenters. The molecular weight excluding hydrogens is 1310 g/mol. The van der Waals surface area contributed by atoms with Gasteiger partial charge in [0.05, 0.1) is 22.1 Å². The Morgan fingerprint density at radius 3 is 1.19 bits per heavy atom. The Hall–Kier alpha value is -11.7. The van der Waals surface area contributed by atoms with Gasteiger partial charge < -0.3 is 18.0 Å². The van der Waals surface area contributed by atoms with Crippen molar-refractivity contribution >= 4 is 87.5 Å². The molecule has 0 aliphatic heterocycles. The van der Waals surface area contributed by atoms with Crippen LogP contribution in [-0.4, -0.2) is 9.13 Å². The van der Waals surface area contributed by atoms with Crippen molar-refractivity contribution in [1.29, 1.82) is 0 Å². The average molecular weight is 1390 g/mol. The highest BCUT2D eigenvalue weighted by Crippen LogP contribution is 2.71. The summed E-state index contributed by atoms with van der Waals surface area (Å²) in [6.45, 7) is 0. The van der Waals surface area contributed by atoms with Crippen molar-refractivity contribution in [3.8, 4) is 78.1 Å². The molecule has 10 aliphatic rings. The van der Waals surface area contributed by atoms with Crippen molar-refractivity contribution in [1.82, 2.24) is 9.13 Å². The van der Waals surface area contributed by atoms with Gasteiger partial charge in [-0.15, -0.1) is 0 Å². The number of rotatable bonds is 6. The van der Waals surface area contributed by atoms with Crippen LogP contribution >= 0.6 is 0 Å². The van der Waals surface area contributed by atoms with Crippen LogP contribution in [0, 0.1) is 47.3 Å².